The number of hydrogen-bond donors (Lipinski definition) is 1. The van der Waals surface area contributed by atoms with Crippen molar-refractivity contribution >= 4 is 0 Å². The van der Waals surface area contributed by atoms with Crippen molar-refractivity contribution in [3.05, 3.63) is 47.6 Å². The molecule has 0 amide bonds. The van der Waals surface area contributed by atoms with Crippen LogP contribution in [0.15, 0.2) is 34.9 Å². The lowest BCUT2D eigenvalue weighted by Gasteiger charge is -2.13. The summed E-state index contributed by atoms with van der Waals surface area (Å²) in [5.74, 6) is 1.17. The van der Waals surface area contributed by atoms with Crippen LogP contribution in [0.25, 0.3) is 0 Å². The van der Waals surface area contributed by atoms with Gasteiger partial charge in [0, 0.05) is 6.61 Å². The second kappa shape index (κ2) is 7.90. The van der Waals surface area contributed by atoms with Crippen LogP contribution in [0.5, 0.6) is 0 Å². The zero-order valence-electron chi connectivity index (χ0n) is 12.9. The van der Waals surface area contributed by atoms with Crippen LogP contribution in [0.2, 0.25) is 0 Å². The first-order chi connectivity index (χ1) is 10.3. The first-order valence-electron chi connectivity index (χ1n) is 7.49. The van der Waals surface area contributed by atoms with Gasteiger partial charge in [-0.2, -0.15) is 4.98 Å². The van der Waals surface area contributed by atoms with Gasteiger partial charge in [0.2, 0.25) is 11.7 Å². The van der Waals surface area contributed by atoms with Crippen LogP contribution >= 0.6 is 0 Å². The molecule has 0 fully saturated rings. The minimum absolute atomic E-state index is 0.0456. The summed E-state index contributed by atoms with van der Waals surface area (Å²) in [6, 6.07) is 10.0. The Morgan fingerprint density at radius 2 is 2.00 bits per heavy atom. The Hall–Kier alpha value is -1.72. The Morgan fingerprint density at radius 1 is 1.24 bits per heavy atom. The van der Waals surface area contributed by atoms with Gasteiger partial charge in [-0.1, -0.05) is 42.4 Å². The predicted molar refractivity (Wildman–Crippen MR) is 80.9 cm³/mol. The highest BCUT2D eigenvalue weighted by Crippen LogP contribution is 2.24. The summed E-state index contributed by atoms with van der Waals surface area (Å²) in [6.07, 6.45) is 0.781. The molecule has 2 aromatic rings. The maximum atomic E-state index is 5.78. The average Bonchev–Trinajstić information content (AvgIpc) is 3.00. The van der Waals surface area contributed by atoms with E-state index in [1.807, 2.05) is 44.2 Å². The molecule has 1 heterocycles. The first kappa shape index (κ1) is 15.7. The molecule has 5 nitrogen and oxygen atoms in total. The van der Waals surface area contributed by atoms with Crippen molar-refractivity contribution in [2.24, 2.45) is 0 Å². The summed E-state index contributed by atoms with van der Waals surface area (Å²) in [5.41, 5.74) is 1.03. The van der Waals surface area contributed by atoms with E-state index in [1.165, 1.54) is 0 Å². The second-order valence-electron chi connectivity index (χ2n) is 4.91. The third-order valence-corrected chi connectivity index (χ3v) is 3.20. The Kier molecular flexibility index (Phi) is 5.90. The monoisotopic (exact) mass is 289 g/mol. The molecule has 2 unspecified atom stereocenters. The van der Waals surface area contributed by atoms with Gasteiger partial charge in [0.25, 0.3) is 0 Å². The molecule has 0 spiro atoms. The number of rotatable bonds is 8. The summed E-state index contributed by atoms with van der Waals surface area (Å²) in [6.45, 7) is 7.62. The normalized spacial score (nSPS) is 14.0. The van der Waals surface area contributed by atoms with Crippen molar-refractivity contribution in [2.45, 2.75) is 39.3 Å². The van der Waals surface area contributed by atoms with Gasteiger partial charge in [0.1, 0.15) is 6.10 Å². The van der Waals surface area contributed by atoms with E-state index in [0.717, 1.165) is 18.5 Å². The topological polar surface area (TPSA) is 60.2 Å². The van der Waals surface area contributed by atoms with Crippen molar-refractivity contribution in [1.82, 2.24) is 15.5 Å². The Balaban J connectivity index is 2.16. The zero-order valence-corrected chi connectivity index (χ0v) is 12.9. The van der Waals surface area contributed by atoms with E-state index in [2.05, 4.69) is 22.4 Å². The van der Waals surface area contributed by atoms with Crippen molar-refractivity contribution in [2.75, 3.05) is 13.2 Å². The summed E-state index contributed by atoms with van der Waals surface area (Å²) in [5, 5.41) is 7.43. The molecule has 0 saturated heterocycles. The molecular formula is C16H23N3O2. The maximum Gasteiger partial charge on any atom is 0.243 e. The third-order valence-electron chi connectivity index (χ3n) is 3.20. The van der Waals surface area contributed by atoms with Crippen LogP contribution in [0.3, 0.4) is 0 Å². The van der Waals surface area contributed by atoms with Gasteiger partial charge in [-0.3, -0.25) is 0 Å². The van der Waals surface area contributed by atoms with E-state index in [-0.39, 0.29) is 12.1 Å². The fourth-order valence-electron chi connectivity index (χ4n) is 2.09. The van der Waals surface area contributed by atoms with Gasteiger partial charge in [-0.15, -0.1) is 0 Å². The number of nitrogens with zero attached hydrogens (tertiary/aromatic N) is 2. The quantitative estimate of drug-likeness (QED) is 0.808. The summed E-state index contributed by atoms with van der Waals surface area (Å²) in [7, 11) is 0. The zero-order chi connectivity index (χ0) is 15.1. The van der Waals surface area contributed by atoms with Crippen LogP contribution in [0.4, 0.5) is 0 Å². The molecule has 1 aromatic carbocycles. The number of benzene rings is 1. The summed E-state index contributed by atoms with van der Waals surface area (Å²) < 4.78 is 11.2. The van der Waals surface area contributed by atoms with E-state index in [1.54, 1.807) is 0 Å². The van der Waals surface area contributed by atoms with Crippen LogP contribution in [0, 0.1) is 0 Å². The average molecular weight is 289 g/mol. The van der Waals surface area contributed by atoms with E-state index in [9.17, 15) is 0 Å². The number of hydrogen-bond acceptors (Lipinski definition) is 5. The van der Waals surface area contributed by atoms with Crippen molar-refractivity contribution in [3.63, 3.8) is 0 Å². The molecule has 5 heteroatoms. The van der Waals surface area contributed by atoms with E-state index < -0.39 is 0 Å². The smallest absolute Gasteiger partial charge is 0.243 e. The molecule has 0 radical (unpaired) electrons. The molecule has 0 aliphatic heterocycles. The number of nitrogens with one attached hydrogen (secondary N) is 1. The minimum Gasteiger partial charge on any atom is -0.366 e. The standard InChI is InChI=1S/C16H23N3O2/c1-4-11-17-12(3)16-18-15(19-21-16)14(20-5-2)13-9-7-6-8-10-13/h6-10,12,14,17H,4-5,11H2,1-3H3. The van der Waals surface area contributed by atoms with Crippen LogP contribution < -0.4 is 5.32 Å². The largest absolute Gasteiger partial charge is 0.366 e. The molecule has 0 aliphatic carbocycles. The summed E-state index contributed by atoms with van der Waals surface area (Å²) >= 11 is 0. The maximum absolute atomic E-state index is 5.78. The molecule has 2 atom stereocenters. The van der Waals surface area contributed by atoms with Crippen LogP contribution in [-0.2, 0) is 4.74 Å². The van der Waals surface area contributed by atoms with Gasteiger partial charge >= 0.3 is 0 Å². The highest BCUT2D eigenvalue weighted by molar-refractivity contribution is 5.22. The lowest BCUT2D eigenvalue weighted by molar-refractivity contribution is 0.0833. The van der Waals surface area contributed by atoms with Crippen LogP contribution in [-0.4, -0.2) is 23.3 Å². The Morgan fingerprint density at radius 3 is 2.67 bits per heavy atom. The molecule has 0 saturated carbocycles. The SMILES string of the molecule is CCCNC(C)c1nc(C(OCC)c2ccccc2)no1. The number of ether oxygens (including phenoxy) is 1. The molecule has 0 aliphatic rings. The highest BCUT2D eigenvalue weighted by Gasteiger charge is 2.22. The first-order valence-corrected chi connectivity index (χ1v) is 7.49. The lowest BCUT2D eigenvalue weighted by atomic mass is 10.1. The molecule has 21 heavy (non-hydrogen) atoms. The number of aromatic nitrogens is 2. The van der Waals surface area contributed by atoms with Gasteiger partial charge in [-0.25, -0.2) is 0 Å². The molecule has 0 bridgehead atoms. The fraction of sp³-hybridized carbons (Fsp3) is 0.500. The van der Waals surface area contributed by atoms with E-state index in [4.69, 9.17) is 9.26 Å². The molecular weight excluding hydrogens is 266 g/mol. The van der Waals surface area contributed by atoms with Crippen molar-refractivity contribution in [3.8, 4) is 0 Å². The lowest BCUT2D eigenvalue weighted by Crippen LogP contribution is -2.19. The minimum atomic E-state index is -0.285. The summed E-state index contributed by atoms with van der Waals surface area (Å²) in [4.78, 5) is 4.49. The third kappa shape index (κ3) is 4.12. The molecule has 1 aromatic heterocycles. The van der Waals surface area contributed by atoms with E-state index >= 15 is 0 Å². The van der Waals surface area contributed by atoms with E-state index in [0.29, 0.717) is 18.3 Å². The van der Waals surface area contributed by atoms with Gasteiger partial charge < -0.3 is 14.6 Å². The van der Waals surface area contributed by atoms with Crippen molar-refractivity contribution < 1.29 is 9.26 Å². The molecule has 114 valence electrons. The second-order valence-corrected chi connectivity index (χ2v) is 4.91. The van der Waals surface area contributed by atoms with Gasteiger partial charge in [0.05, 0.1) is 6.04 Å². The fourth-order valence-corrected chi connectivity index (χ4v) is 2.09. The Bertz CT molecular complexity index is 527. The highest BCUT2D eigenvalue weighted by atomic mass is 16.5. The predicted octanol–water partition coefficient (Wildman–Crippen LogP) is 3.26. The van der Waals surface area contributed by atoms with Crippen molar-refractivity contribution in [1.29, 1.82) is 0 Å². The Labute approximate surface area is 125 Å². The van der Waals surface area contributed by atoms with Gasteiger partial charge in [0.15, 0.2) is 0 Å². The molecule has 2 rings (SSSR count). The van der Waals surface area contributed by atoms with Gasteiger partial charge in [-0.05, 0) is 32.4 Å². The molecule has 1 N–H and O–H groups in total. The van der Waals surface area contributed by atoms with Crippen LogP contribution in [0.1, 0.15) is 56.6 Å².